The van der Waals surface area contributed by atoms with Gasteiger partial charge in [-0.3, -0.25) is 9.78 Å². The van der Waals surface area contributed by atoms with Gasteiger partial charge in [0.25, 0.3) is 0 Å². The summed E-state index contributed by atoms with van der Waals surface area (Å²) in [7, 11) is 0. The Hall–Kier alpha value is -3.02. The van der Waals surface area contributed by atoms with Gasteiger partial charge in [0.1, 0.15) is 0 Å². The van der Waals surface area contributed by atoms with Gasteiger partial charge in [-0.2, -0.15) is 0 Å². The predicted molar refractivity (Wildman–Crippen MR) is 102 cm³/mol. The fourth-order valence-electron chi connectivity index (χ4n) is 3.51. The fourth-order valence-corrected chi connectivity index (χ4v) is 3.51. The summed E-state index contributed by atoms with van der Waals surface area (Å²) >= 11 is 0. The van der Waals surface area contributed by atoms with E-state index in [9.17, 15) is 4.79 Å². The first-order valence-electron chi connectivity index (χ1n) is 8.97. The van der Waals surface area contributed by atoms with E-state index in [1.54, 1.807) is 24.7 Å². The zero-order valence-corrected chi connectivity index (χ0v) is 14.4. The topological polar surface area (TPSA) is 79.8 Å². The van der Waals surface area contributed by atoms with E-state index < -0.39 is 0 Å². The SMILES string of the molecule is O=C(Nc1cncc2ccccc12)C1CCC(Nc2ncccn2)CC1. The minimum Gasteiger partial charge on any atom is -0.351 e. The second-order valence-electron chi connectivity index (χ2n) is 6.66. The van der Waals surface area contributed by atoms with Crippen LogP contribution in [0.4, 0.5) is 11.6 Å². The molecule has 1 amide bonds. The van der Waals surface area contributed by atoms with E-state index in [-0.39, 0.29) is 11.8 Å². The van der Waals surface area contributed by atoms with Gasteiger partial charge in [-0.25, -0.2) is 9.97 Å². The van der Waals surface area contributed by atoms with Gasteiger partial charge in [0, 0.05) is 41.3 Å². The number of pyridine rings is 1. The molecule has 2 N–H and O–H groups in total. The second-order valence-corrected chi connectivity index (χ2v) is 6.66. The summed E-state index contributed by atoms with van der Waals surface area (Å²) in [5, 5.41) is 8.47. The van der Waals surface area contributed by atoms with Crippen LogP contribution < -0.4 is 10.6 Å². The maximum absolute atomic E-state index is 12.7. The van der Waals surface area contributed by atoms with E-state index in [4.69, 9.17) is 0 Å². The van der Waals surface area contributed by atoms with Crippen LogP contribution in [0, 0.1) is 5.92 Å². The Balaban J connectivity index is 1.36. The van der Waals surface area contributed by atoms with Crippen LogP contribution in [0.3, 0.4) is 0 Å². The van der Waals surface area contributed by atoms with Gasteiger partial charge in [0.15, 0.2) is 0 Å². The van der Waals surface area contributed by atoms with Crippen molar-refractivity contribution in [1.82, 2.24) is 15.0 Å². The van der Waals surface area contributed by atoms with Crippen molar-refractivity contribution < 1.29 is 4.79 Å². The third-order valence-corrected chi connectivity index (χ3v) is 4.92. The van der Waals surface area contributed by atoms with Gasteiger partial charge < -0.3 is 10.6 Å². The standard InChI is InChI=1S/C20H21N5O/c26-19(25-18-13-21-12-15-4-1-2-5-17(15)18)14-6-8-16(9-7-14)24-20-22-10-3-11-23-20/h1-5,10-14,16H,6-9H2,(H,25,26)(H,22,23,24). The molecule has 1 aromatic carbocycles. The summed E-state index contributed by atoms with van der Waals surface area (Å²) in [4.78, 5) is 25.3. The van der Waals surface area contributed by atoms with Gasteiger partial charge in [-0.1, -0.05) is 24.3 Å². The van der Waals surface area contributed by atoms with Gasteiger partial charge >= 0.3 is 0 Å². The molecular formula is C20H21N5O. The number of anilines is 2. The number of amides is 1. The molecule has 0 aliphatic heterocycles. The van der Waals surface area contributed by atoms with Crippen molar-refractivity contribution in [3.63, 3.8) is 0 Å². The average Bonchev–Trinajstić information content (AvgIpc) is 2.70. The molecular weight excluding hydrogens is 326 g/mol. The summed E-state index contributed by atoms with van der Waals surface area (Å²) in [5.41, 5.74) is 0.783. The third kappa shape index (κ3) is 3.64. The van der Waals surface area contributed by atoms with E-state index in [2.05, 4.69) is 25.6 Å². The highest BCUT2D eigenvalue weighted by Crippen LogP contribution is 2.28. The normalized spacial score (nSPS) is 19.8. The van der Waals surface area contributed by atoms with Gasteiger partial charge in [0.05, 0.1) is 11.9 Å². The molecule has 3 aromatic rings. The minimum atomic E-state index is 0.0312. The third-order valence-electron chi connectivity index (χ3n) is 4.92. The molecule has 0 saturated heterocycles. The highest BCUT2D eigenvalue weighted by molar-refractivity contribution is 6.02. The van der Waals surface area contributed by atoms with Gasteiger partial charge in [0.2, 0.25) is 11.9 Å². The molecule has 1 aliphatic rings. The van der Waals surface area contributed by atoms with Crippen molar-refractivity contribution in [2.24, 2.45) is 5.92 Å². The molecule has 0 radical (unpaired) electrons. The Bertz CT molecular complexity index is 886. The zero-order chi connectivity index (χ0) is 17.8. The van der Waals surface area contributed by atoms with Crippen molar-refractivity contribution in [1.29, 1.82) is 0 Å². The summed E-state index contributed by atoms with van der Waals surface area (Å²) in [6.07, 6.45) is 10.6. The number of rotatable bonds is 4. The lowest BCUT2D eigenvalue weighted by atomic mass is 9.85. The van der Waals surface area contributed by atoms with Crippen LogP contribution in [0.5, 0.6) is 0 Å². The second kappa shape index (κ2) is 7.47. The van der Waals surface area contributed by atoms with E-state index in [1.165, 1.54) is 0 Å². The average molecular weight is 347 g/mol. The molecule has 1 aliphatic carbocycles. The maximum Gasteiger partial charge on any atom is 0.227 e. The Morgan fingerprint density at radius 3 is 2.54 bits per heavy atom. The van der Waals surface area contributed by atoms with Crippen molar-refractivity contribution in [3.8, 4) is 0 Å². The largest absolute Gasteiger partial charge is 0.351 e. The number of nitrogens with one attached hydrogen (secondary N) is 2. The molecule has 0 spiro atoms. The van der Waals surface area contributed by atoms with Crippen molar-refractivity contribution in [3.05, 3.63) is 55.1 Å². The molecule has 2 aromatic heterocycles. The summed E-state index contributed by atoms with van der Waals surface area (Å²) in [5.74, 6) is 0.767. The highest BCUT2D eigenvalue weighted by Gasteiger charge is 2.27. The minimum absolute atomic E-state index is 0.0312. The number of carbonyl (C=O) groups excluding carboxylic acids is 1. The van der Waals surface area contributed by atoms with Gasteiger partial charge in [-0.05, 0) is 31.7 Å². The predicted octanol–water partition coefficient (Wildman–Crippen LogP) is 3.63. The molecule has 6 nitrogen and oxygen atoms in total. The molecule has 132 valence electrons. The van der Waals surface area contributed by atoms with Crippen LogP contribution in [0.1, 0.15) is 25.7 Å². The first kappa shape index (κ1) is 16.4. The van der Waals surface area contributed by atoms with Crippen LogP contribution in [0.25, 0.3) is 10.8 Å². The summed E-state index contributed by atoms with van der Waals surface area (Å²) < 4.78 is 0. The summed E-state index contributed by atoms with van der Waals surface area (Å²) in [6.45, 7) is 0. The summed E-state index contributed by atoms with van der Waals surface area (Å²) in [6, 6.07) is 10.1. The number of fused-ring (bicyclic) bond motifs is 1. The van der Waals surface area contributed by atoms with Crippen LogP contribution >= 0.6 is 0 Å². The Morgan fingerprint density at radius 1 is 0.962 bits per heavy atom. The molecule has 26 heavy (non-hydrogen) atoms. The number of nitrogens with zero attached hydrogens (tertiary/aromatic N) is 3. The fraction of sp³-hybridized carbons (Fsp3) is 0.300. The molecule has 4 rings (SSSR count). The van der Waals surface area contributed by atoms with Crippen molar-refractivity contribution >= 4 is 28.3 Å². The molecule has 1 fully saturated rings. The highest BCUT2D eigenvalue weighted by atomic mass is 16.1. The quantitative estimate of drug-likeness (QED) is 0.753. The molecule has 1 saturated carbocycles. The molecule has 0 atom stereocenters. The van der Waals surface area contributed by atoms with E-state index in [1.807, 2.05) is 30.5 Å². The molecule has 6 heteroatoms. The van der Waals surface area contributed by atoms with Crippen LogP contribution in [0.15, 0.2) is 55.1 Å². The lowest BCUT2D eigenvalue weighted by Gasteiger charge is -2.28. The zero-order valence-electron chi connectivity index (χ0n) is 14.4. The monoisotopic (exact) mass is 347 g/mol. The number of hydrogen-bond acceptors (Lipinski definition) is 5. The Kier molecular flexibility index (Phi) is 4.73. The maximum atomic E-state index is 12.7. The Morgan fingerprint density at radius 2 is 1.73 bits per heavy atom. The number of hydrogen-bond donors (Lipinski definition) is 2. The lowest BCUT2D eigenvalue weighted by Crippen LogP contribution is -2.32. The molecule has 2 heterocycles. The number of carbonyl (C=O) groups is 1. The van der Waals surface area contributed by atoms with Crippen LogP contribution in [0.2, 0.25) is 0 Å². The van der Waals surface area contributed by atoms with Crippen molar-refractivity contribution in [2.45, 2.75) is 31.7 Å². The van der Waals surface area contributed by atoms with E-state index >= 15 is 0 Å². The number of aromatic nitrogens is 3. The molecule has 0 bridgehead atoms. The first-order valence-corrected chi connectivity index (χ1v) is 8.97. The lowest BCUT2D eigenvalue weighted by molar-refractivity contribution is -0.120. The van der Waals surface area contributed by atoms with Gasteiger partial charge in [-0.15, -0.1) is 0 Å². The molecule has 0 unspecified atom stereocenters. The smallest absolute Gasteiger partial charge is 0.227 e. The van der Waals surface area contributed by atoms with Crippen molar-refractivity contribution in [2.75, 3.05) is 10.6 Å². The van der Waals surface area contributed by atoms with Crippen LogP contribution in [-0.2, 0) is 4.79 Å². The first-order chi connectivity index (χ1) is 12.8. The number of benzene rings is 1. The van der Waals surface area contributed by atoms with E-state index in [0.717, 1.165) is 42.1 Å². The van der Waals surface area contributed by atoms with Crippen LogP contribution in [-0.4, -0.2) is 26.9 Å². The Labute approximate surface area is 152 Å². The van der Waals surface area contributed by atoms with E-state index in [0.29, 0.717) is 12.0 Å².